The highest BCUT2D eigenvalue weighted by Gasteiger charge is 2.09. The van der Waals surface area contributed by atoms with Gasteiger partial charge in [0.15, 0.2) is 0 Å². The lowest BCUT2D eigenvalue weighted by atomic mass is 10.1. The second-order valence-corrected chi connectivity index (χ2v) is 6.69. The number of nitrogens with one attached hydrogen (secondary N) is 1. The van der Waals surface area contributed by atoms with Gasteiger partial charge in [0.1, 0.15) is 11.4 Å². The molecule has 5 nitrogen and oxygen atoms in total. The Morgan fingerprint density at radius 3 is 3.05 bits per heavy atom. The van der Waals surface area contributed by atoms with Crippen molar-refractivity contribution in [3.8, 4) is 0 Å². The third kappa shape index (κ3) is 3.41. The van der Waals surface area contributed by atoms with Crippen molar-refractivity contribution in [2.75, 3.05) is 0 Å². The maximum absolute atomic E-state index is 11.7. The van der Waals surface area contributed by atoms with Crippen LogP contribution in [0.1, 0.15) is 24.7 Å². The molecule has 0 aliphatic heterocycles. The van der Waals surface area contributed by atoms with Crippen LogP contribution in [0, 0.1) is 0 Å². The number of rotatable bonds is 5. The highest BCUT2D eigenvalue weighted by atomic mass is 79.9. The van der Waals surface area contributed by atoms with Crippen LogP contribution in [0.15, 0.2) is 43.1 Å². The van der Waals surface area contributed by atoms with Crippen LogP contribution < -0.4 is 5.63 Å². The molecule has 0 amide bonds. The second-order valence-electron chi connectivity index (χ2n) is 4.83. The number of thioether (sulfide) groups is 1. The Morgan fingerprint density at radius 2 is 2.23 bits per heavy atom. The van der Waals surface area contributed by atoms with E-state index in [4.69, 9.17) is 4.42 Å². The van der Waals surface area contributed by atoms with Gasteiger partial charge in [0.25, 0.3) is 0 Å². The molecule has 1 N–H and O–H groups in total. The molecule has 7 heteroatoms. The number of aryl methyl sites for hydroxylation is 1. The smallest absolute Gasteiger partial charge is 0.336 e. The Kier molecular flexibility index (Phi) is 4.63. The molecule has 22 heavy (non-hydrogen) atoms. The molecule has 0 aliphatic carbocycles. The summed E-state index contributed by atoms with van der Waals surface area (Å²) in [5.41, 5.74) is 1.16. The molecule has 0 saturated carbocycles. The van der Waals surface area contributed by atoms with Crippen LogP contribution in [0.3, 0.4) is 0 Å². The predicted molar refractivity (Wildman–Crippen MR) is 90.1 cm³/mol. The standard InChI is InChI=1S/C15H14BrN3O2S/c1-2-3-13-17-15(19-18-13)22-8-9-6-14(20)21-12-7-10(16)4-5-11(9)12/h4-7H,2-3,8H2,1H3,(H,17,18,19). The zero-order valence-electron chi connectivity index (χ0n) is 11.9. The van der Waals surface area contributed by atoms with E-state index in [1.807, 2.05) is 12.1 Å². The Balaban J connectivity index is 1.85. The minimum absolute atomic E-state index is 0.345. The van der Waals surface area contributed by atoms with Crippen molar-refractivity contribution < 1.29 is 4.42 Å². The Morgan fingerprint density at radius 1 is 1.36 bits per heavy atom. The van der Waals surface area contributed by atoms with E-state index in [0.29, 0.717) is 16.5 Å². The predicted octanol–water partition coefficient (Wildman–Crippen LogP) is 3.92. The molecule has 0 aliphatic rings. The quantitative estimate of drug-likeness (QED) is 0.537. The van der Waals surface area contributed by atoms with Gasteiger partial charge in [-0.2, -0.15) is 0 Å². The van der Waals surface area contributed by atoms with E-state index in [1.54, 1.807) is 6.07 Å². The number of fused-ring (bicyclic) bond motifs is 1. The maximum Gasteiger partial charge on any atom is 0.336 e. The summed E-state index contributed by atoms with van der Waals surface area (Å²) in [6.45, 7) is 2.10. The van der Waals surface area contributed by atoms with Gasteiger partial charge in [-0.15, -0.1) is 5.10 Å². The van der Waals surface area contributed by atoms with Crippen molar-refractivity contribution in [2.45, 2.75) is 30.7 Å². The van der Waals surface area contributed by atoms with E-state index in [1.165, 1.54) is 17.8 Å². The average Bonchev–Trinajstić information content (AvgIpc) is 2.92. The molecule has 1 aromatic carbocycles. The maximum atomic E-state index is 11.7. The number of nitrogens with zero attached hydrogens (tertiary/aromatic N) is 2. The first-order valence-electron chi connectivity index (χ1n) is 6.92. The third-order valence-electron chi connectivity index (χ3n) is 3.15. The van der Waals surface area contributed by atoms with Gasteiger partial charge in [-0.1, -0.05) is 34.6 Å². The molecule has 2 heterocycles. The van der Waals surface area contributed by atoms with E-state index < -0.39 is 0 Å². The number of H-pyrrole nitrogens is 1. The van der Waals surface area contributed by atoms with Crippen molar-refractivity contribution in [2.24, 2.45) is 0 Å². The zero-order chi connectivity index (χ0) is 15.5. The minimum atomic E-state index is -0.345. The van der Waals surface area contributed by atoms with Crippen molar-refractivity contribution >= 4 is 38.7 Å². The number of benzene rings is 1. The highest BCUT2D eigenvalue weighted by Crippen LogP contribution is 2.26. The van der Waals surface area contributed by atoms with E-state index in [0.717, 1.165) is 34.1 Å². The molecule has 0 atom stereocenters. The van der Waals surface area contributed by atoms with Gasteiger partial charge >= 0.3 is 5.63 Å². The highest BCUT2D eigenvalue weighted by molar-refractivity contribution is 9.10. The number of hydrogen-bond acceptors (Lipinski definition) is 5. The fourth-order valence-electron chi connectivity index (χ4n) is 2.16. The van der Waals surface area contributed by atoms with Gasteiger partial charge in [-0.05, 0) is 30.2 Å². The summed E-state index contributed by atoms with van der Waals surface area (Å²) in [6.07, 6.45) is 1.91. The summed E-state index contributed by atoms with van der Waals surface area (Å²) >= 11 is 4.89. The number of hydrogen-bond donors (Lipinski definition) is 1. The molecule has 0 radical (unpaired) electrons. The number of halogens is 1. The van der Waals surface area contributed by atoms with Crippen molar-refractivity contribution in [1.82, 2.24) is 15.2 Å². The molecule has 3 aromatic rings. The van der Waals surface area contributed by atoms with Crippen LogP contribution in [0.25, 0.3) is 11.0 Å². The van der Waals surface area contributed by atoms with Gasteiger partial charge in [0.2, 0.25) is 5.16 Å². The number of aromatic nitrogens is 3. The lowest BCUT2D eigenvalue weighted by molar-refractivity contribution is 0.559. The summed E-state index contributed by atoms with van der Waals surface area (Å²) in [5, 5.41) is 8.74. The minimum Gasteiger partial charge on any atom is -0.423 e. The molecular formula is C15H14BrN3O2S. The lowest BCUT2D eigenvalue weighted by Crippen LogP contribution is -2.00. The van der Waals surface area contributed by atoms with Crippen LogP contribution >= 0.6 is 27.7 Å². The fourth-order valence-corrected chi connectivity index (χ4v) is 3.30. The molecule has 0 spiro atoms. The molecule has 0 fully saturated rings. The molecule has 3 rings (SSSR count). The van der Waals surface area contributed by atoms with Crippen LogP contribution in [0.4, 0.5) is 0 Å². The monoisotopic (exact) mass is 379 g/mol. The molecule has 2 aromatic heterocycles. The summed E-state index contributed by atoms with van der Waals surface area (Å²) in [5.74, 6) is 1.51. The van der Waals surface area contributed by atoms with Crippen molar-refractivity contribution in [3.63, 3.8) is 0 Å². The van der Waals surface area contributed by atoms with Gasteiger partial charge < -0.3 is 4.42 Å². The molecule has 0 unspecified atom stereocenters. The van der Waals surface area contributed by atoms with Crippen LogP contribution in [-0.2, 0) is 12.2 Å². The van der Waals surface area contributed by atoms with Crippen LogP contribution in [0.5, 0.6) is 0 Å². The van der Waals surface area contributed by atoms with E-state index in [2.05, 4.69) is 38.0 Å². The Bertz CT molecular complexity index is 859. The number of aromatic amines is 1. The largest absolute Gasteiger partial charge is 0.423 e. The van der Waals surface area contributed by atoms with Gasteiger partial charge in [-0.3, -0.25) is 5.10 Å². The summed E-state index contributed by atoms with van der Waals surface area (Å²) in [7, 11) is 0. The first kappa shape index (κ1) is 15.3. The van der Waals surface area contributed by atoms with Crippen molar-refractivity contribution in [1.29, 1.82) is 0 Å². The van der Waals surface area contributed by atoms with Crippen LogP contribution in [0.2, 0.25) is 0 Å². The molecular weight excluding hydrogens is 366 g/mol. The third-order valence-corrected chi connectivity index (χ3v) is 4.54. The topological polar surface area (TPSA) is 71.8 Å². The van der Waals surface area contributed by atoms with Gasteiger partial charge in [0.05, 0.1) is 0 Å². The molecule has 114 valence electrons. The first-order valence-corrected chi connectivity index (χ1v) is 8.70. The molecule has 0 bridgehead atoms. The Hall–Kier alpha value is -1.60. The molecule has 0 saturated heterocycles. The normalized spacial score (nSPS) is 11.2. The summed E-state index contributed by atoms with van der Waals surface area (Å²) < 4.78 is 6.12. The second kappa shape index (κ2) is 6.66. The van der Waals surface area contributed by atoms with Gasteiger partial charge in [-0.25, -0.2) is 9.78 Å². The van der Waals surface area contributed by atoms with E-state index in [9.17, 15) is 4.79 Å². The lowest BCUT2D eigenvalue weighted by Gasteiger charge is -2.04. The zero-order valence-corrected chi connectivity index (χ0v) is 14.3. The summed E-state index contributed by atoms with van der Waals surface area (Å²) in [6, 6.07) is 7.21. The van der Waals surface area contributed by atoms with E-state index in [-0.39, 0.29) is 5.63 Å². The van der Waals surface area contributed by atoms with Crippen molar-refractivity contribution in [3.05, 3.63) is 50.5 Å². The van der Waals surface area contributed by atoms with Crippen LogP contribution in [-0.4, -0.2) is 15.2 Å². The van der Waals surface area contributed by atoms with Gasteiger partial charge in [0, 0.05) is 28.1 Å². The SMILES string of the molecule is CCCc1nc(SCc2cc(=O)oc3cc(Br)ccc23)n[nH]1. The fraction of sp³-hybridized carbons (Fsp3) is 0.267. The first-order chi connectivity index (χ1) is 10.7. The average molecular weight is 380 g/mol. The summed E-state index contributed by atoms with van der Waals surface area (Å²) in [4.78, 5) is 16.1. The Labute approximate surface area is 139 Å². The van der Waals surface area contributed by atoms with E-state index >= 15 is 0 Å².